The number of carbonyl (C=O) groups is 1. The van der Waals surface area contributed by atoms with Crippen molar-refractivity contribution in [3.8, 4) is 5.69 Å². The molecular formula is C26H19ClN4O2. The summed E-state index contributed by atoms with van der Waals surface area (Å²) in [7, 11) is 0. The summed E-state index contributed by atoms with van der Waals surface area (Å²) in [5, 5.41) is 13.3. The SMILES string of the molecule is C[C@H](NC(=O)c1cnnc2ccccc12)c1cc2cccc(Cl)c2c(=O)n1-c1ccccc1. The fourth-order valence-corrected chi connectivity index (χ4v) is 4.30. The number of hydrogen-bond donors (Lipinski definition) is 1. The van der Waals surface area contributed by atoms with Gasteiger partial charge in [0.2, 0.25) is 0 Å². The van der Waals surface area contributed by atoms with E-state index in [1.807, 2.05) is 73.7 Å². The zero-order valence-electron chi connectivity index (χ0n) is 17.7. The van der Waals surface area contributed by atoms with E-state index in [0.717, 1.165) is 0 Å². The quantitative estimate of drug-likeness (QED) is 0.411. The smallest absolute Gasteiger partial charge is 0.264 e. The molecule has 0 fully saturated rings. The third kappa shape index (κ3) is 3.75. The van der Waals surface area contributed by atoms with Crippen molar-refractivity contribution in [3.63, 3.8) is 0 Å². The molecule has 33 heavy (non-hydrogen) atoms. The summed E-state index contributed by atoms with van der Waals surface area (Å²) in [4.78, 5) is 26.8. The van der Waals surface area contributed by atoms with Gasteiger partial charge < -0.3 is 5.32 Å². The first-order valence-corrected chi connectivity index (χ1v) is 10.8. The van der Waals surface area contributed by atoms with Crippen LogP contribution in [0, 0.1) is 0 Å². The first-order valence-electron chi connectivity index (χ1n) is 10.5. The average Bonchev–Trinajstić information content (AvgIpc) is 2.84. The second-order valence-corrected chi connectivity index (χ2v) is 8.13. The summed E-state index contributed by atoms with van der Waals surface area (Å²) in [5.41, 5.74) is 2.15. The highest BCUT2D eigenvalue weighted by atomic mass is 35.5. The van der Waals surface area contributed by atoms with E-state index < -0.39 is 6.04 Å². The van der Waals surface area contributed by atoms with E-state index in [1.54, 1.807) is 16.7 Å². The number of halogens is 1. The van der Waals surface area contributed by atoms with Crippen molar-refractivity contribution >= 4 is 39.2 Å². The van der Waals surface area contributed by atoms with E-state index >= 15 is 0 Å². The van der Waals surface area contributed by atoms with Crippen LogP contribution in [0.2, 0.25) is 5.02 Å². The zero-order valence-corrected chi connectivity index (χ0v) is 18.5. The molecule has 0 spiro atoms. The Balaban J connectivity index is 1.63. The topological polar surface area (TPSA) is 76.9 Å². The molecule has 2 aromatic heterocycles. The summed E-state index contributed by atoms with van der Waals surface area (Å²) < 4.78 is 1.60. The number of para-hydroxylation sites is 1. The number of benzene rings is 3. The van der Waals surface area contributed by atoms with Gasteiger partial charge in [-0.3, -0.25) is 14.2 Å². The van der Waals surface area contributed by atoms with Gasteiger partial charge in [-0.05, 0) is 42.6 Å². The predicted molar refractivity (Wildman–Crippen MR) is 130 cm³/mol. The van der Waals surface area contributed by atoms with E-state index in [9.17, 15) is 9.59 Å². The molecule has 162 valence electrons. The zero-order chi connectivity index (χ0) is 22.9. The Morgan fingerprint density at radius 3 is 2.58 bits per heavy atom. The van der Waals surface area contributed by atoms with Crippen molar-refractivity contribution in [2.45, 2.75) is 13.0 Å². The molecule has 0 radical (unpaired) electrons. The lowest BCUT2D eigenvalue weighted by Crippen LogP contribution is -2.32. The fraction of sp³-hybridized carbons (Fsp3) is 0.0769. The minimum absolute atomic E-state index is 0.239. The highest BCUT2D eigenvalue weighted by molar-refractivity contribution is 6.35. The first-order chi connectivity index (χ1) is 16.0. The van der Waals surface area contributed by atoms with Gasteiger partial charge in [0.05, 0.1) is 33.7 Å². The standard InChI is InChI=1S/C26H19ClN4O2/c1-16(29-25(32)20-15-28-30-22-13-6-5-11-19(20)22)23-14-17-8-7-12-21(27)24(17)26(33)31(23)18-9-3-2-4-10-18/h2-16H,1H3,(H,29,32)/t16-/m0/s1. The van der Waals surface area contributed by atoms with Crippen LogP contribution in [0.3, 0.4) is 0 Å². The number of rotatable bonds is 4. The van der Waals surface area contributed by atoms with Gasteiger partial charge in [-0.2, -0.15) is 10.2 Å². The van der Waals surface area contributed by atoms with Gasteiger partial charge in [-0.25, -0.2) is 0 Å². The predicted octanol–water partition coefficient (Wildman–Crippen LogP) is 5.08. The Morgan fingerprint density at radius 2 is 1.76 bits per heavy atom. The summed E-state index contributed by atoms with van der Waals surface area (Å²) in [6, 6.07) is 23.4. The highest BCUT2D eigenvalue weighted by Gasteiger charge is 2.20. The molecule has 1 atom stereocenters. The van der Waals surface area contributed by atoms with Crippen molar-refractivity contribution in [2.75, 3.05) is 0 Å². The lowest BCUT2D eigenvalue weighted by molar-refractivity contribution is 0.0940. The second-order valence-electron chi connectivity index (χ2n) is 7.72. The molecule has 6 nitrogen and oxygen atoms in total. The normalized spacial score (nSPS) is 12.1. The summed E-state index contributed by atoms with van der Waals surface area (Å²) in [6.07, 6.45) is 1.45. The van der Waals surface area contributed by atoms with Gasteiger partial charge in [0.15, 0.2) is 0 Å². The maximum Gasteiger partial charge on any atom is 0.264 e. The third-order valence-electron chi connectivity index (χ3n) is 5.62. The molecule has 0 saturated heterocycles. The van der Waals surface area contributed by atoms with Crippen LogP contribution < -0.4 is 10.9 Å². The molecule has 1 N–H and O–H groups in total. The Morgan fingerprint density at radius 1 is 1.00 bits per heavy atom. The number of amides is 1. The largest absolute Gasteiger partial charge is 0.344 e. The molecule has 2 heterocycles. The molecule has 0 aliphatic rings. The van der Waals surface area contributed by atoms with Crippen LogP contribution in [-0.2, 0) is 0 Å². The van der Waals surface area contributed by atoms with Gasteiger partial charge in [0.25, 0.3) is 11.5 Å². The number of aromatic nitrogens is 3. The van der Waals surface area contributed by atoms with Crippen molar-refractivity contribution in [1.29, 1.82) is 0 Å². The lowest BCUT2D eigenvalue weighted by Gasteiger charge is -2.21. The molecule has 3 aromatic carbocycles. The van der Waals surface area contributed by atoms with Crippen LogP contribution in [0.15, 0.2) is 89.9 Å². The molecule has 0 bridgehead atoms. The molecule has 0 unspecified atom stereocenters. The third-order valence-corrected chi connectivity index (χ3v) is 5.94. The number of hydrogen-bond acceptors (Lipinski definition) is 4. The fourth-order valence-electron chi connectivity index (χ4n) is 4.04. The van der Waals surface area contributed by atoms with Crippen LogP contribution in [0.5, 0.6) is 0 Å². The second kappa shape index (κ2) is 8.48. The summed E-state index contributed by atoms with van der Waals surface area (Å²) in [6.45, 7) is 1.85. The highest BCUT2D eigenvalue weighted by Crippen LogP contribution is 2.26. The van der Waals surface area contributed by atoms with Gasteiger partial charge in [0.1, 0.15) is 0 Å². The monoisotopic (exact) mass is 454 g/mol. The Hall–Kier alpha value is -4.03. The molecule has 7 heteroatoms. The molecule has 1 amide bonds. The minimum atomic E-state index is -0.485. The van der Waals surface area contributed by atoms with E-state index in [2.05, 4.69) is 15.5 Å². The van der Waals surface area contributed by atoms with Crippen molar-refractivity contribution in [3.05, 3.63) is 112 Å². The molecular weight excluding hydrogens is 436 g/mol. The van der Waals surface area contributed by atoms with Gasteiger partial charge in [-0.15, -0.1) is 0 Å². The molecule has 0 aliphatic heterocycles. The van der Waals surface area contributed by atoms with Crippen LogP contribution in [0.4, 0.5) is 0 Å². The van der Waals surface area contributed by atoms with Gasteiger partial charge in [0, 0.05) is 16.8 Å². The Kier molecular flexibility index (Phi) is 5.36. The minimum Gasteiger partial charge on any atom is -0.344 e. The lowest BCUT2D eigenvalue weighted by atomic mass is 10.1. The molecule has 5 aromatic rings. The summed E-state index contributed by atoms with van der Waals surface area (Å²) in [5.74, 6) is -0.299. The van der Waals surface area contributed by atoms with Crippen molar-refractivity contribution < 1.29 is 4.79 Å². The maximum absolute atomic E-state index is 13.6. The van der Waals surface area contributed by atoms with Crippen molar-refractivity contribution in [2.24, 2.45) is 0 Å². The number of fused-ring (bicyclic) bond motifs is 2. The van der Waals surface area contributed by atoms with E-state index in [0.29, 0.717) is 43.6 Å². The Labute approximate surface area is 194 Å². The maximum atomic E-state index is 13.6. The first kappa shape index (κ1) is 20.8. The van der Waals surface area contributed by atoms with E-state index in [4.69, 9.17) is 11.6 Å². The number of carbonyl (C=O) groups excluding carboxylic acids is 1. The Bertz CT molecular complexity index is 1560. The number of nitrogens with zero attached hydrogens (tertiary/aromatic N) is 3. The van der Waals surface area contributed by atoms with E-state index in [-0.39, 0.29) is 11.5 Å². The van der Waals surface area contributed by atoms with E-state index in [1.165, 1.54) is 6.20 Å². The number of nitrogens with one attached hydrogen (secondary N) is 1. The number of pyridine rings is 1. The van der Waals surface area contributed by atoms with Crippen LogP contribution >= 0.6 is 11.6 Å². The van der Waals surface area contributed by atoms with Crippen LogP contribution in [-0.4, -0.2) is 20.7 Å². The van der Waals surface area contributed by atoms with Crippen molar-refractivity contribution in [1.82, 2.24) is 20.1 Å². The molecule has 0 saturated carbocycles. The van der Waals surface area contributed by atoms with Gasteiger partial charge in [-0.1, -0.05) is 60.1 Å². The molecule has 5 rings (SSSR count). The van der Waals surface area contributed by atoms with Gasteiger partial charge >= 0.3 is 0 Å². The summed E-state index contributed by atoms with van der Waals surface area (Å²) >= 11 is 6.38. The average molecular weight is 455 g/mol. The molecule has 0 aliphatic carbocycles. The van der Waals surface area contributed by atoms with Crippen LogP contribution in [0.1, 0.15) is 29.0 Å². The van der Waals surface area contributed by atoms with Crippen LogP contribution in [0.25, 0.3) is 27.4 Å².